The van der Waals surface area contributed by atoms with E-state index >= 15 is 0 Å². The molecule has 1 atom stereocenters. The standard InChI is InChI=1S/C15H16ClFN4O2/c1-20(2)13(14-10(16)5-3-6-11(14)17)9-19-15-12(21(22)23)7-4-8-18-15/h3-8,13H,9H2,1-2H3,(H,18,19). The lowest BCUT2D eigenvalue weighted by atomic mass is 10.0. The average molecular weight is 339 g/mol. The Bertz CT molecular complexity index is 691. The number of likely N-dealkylation sites (N-methyl/N-ethyl adjacent to an activating group) is 1. The summed E-state index contributed by atoms with van der Waals surface area (Å²) in [5, 5.41) is 14.2. The number of benzene rings is 1. The Kier molecular flexibility index (Phi) is 5.46. The van der Waals surface area contributed by atoms with Gasteiger partial charge in [-0.2, -0.15) is 0 Å². The second-order valence-electron chi connectivity index (χ2n) is 5.12. The number of rotatable bonds is 6. The summed E-state index contributed by atoms with van der Waals surface area (Å²) >= 11 is 6.11. The van der Waals surface area contributed by atoms with E-state index in [-0.39, 0.29) is 18.1 Å². The van der Waals surface area contributed by atoms with Gasteiger partial charge in [0.15, 0.2) is 0 Å². The number of pyridine rings is 1. The van der Waals surface area contributed by atoms with E-state index < -0.39 is 16.8 Å². The molecule has 0 aliphatic carbocycles. The van der Waals surface area contributed by atoms with Crippen molar-refractivity contribution in [1.29, 1.82) is 0 Å². The van der Waals surface area contributed by atoms with E-state index in [2.05, 4.69) is 10.3 Å². The van der Waals surface area contributed by atoms with E-state index in [1.54, 1.807) is 25.1 Å². The highest BCUT2D eigenvalue weighted by atomic mass is 35.5. The molecule has 0 saturated carbocycles. The third-order valence-electron chi connectivity index (χ3n) is 3.40. The zero-order valence-electron chi connectivity index (χ0n) is 12.7. The van der Waals surface area contributed by atoms with Crippen molar-refractivity contribution in [2.24, 2.45) is 0 Å². The second kappa shape index (κ2) is 7.34. The Morgan fingerprint density at radius 2 is 2.13 bits per heavy atom. The minimum Gasteiger partial charge on any atom is -0.362 e. The first-order chi connectivity index (χ1) is 10.9. The number of aromatic nitrogens is 1. The lowest BCUT2D eigenvalue weighted by molar-refractivity contribution is -0.384. The molecule has 8 heteroatoms. The molecule has 1 unspecified atom stereocenters. The first-order valence-corrected chi connectivity index (χ1v) is 7.23. The minimum atomic E-state index is -0.518. The fourth-order valence-electron chi connectivity index (χ4n) is 2.25. The van der Waals surface area contributed by atoms with E-state index in [1.807, 2.05) is 0 Å². The lowest BCUT2D eigenvalue weighted by Gasteiger charge is -2.26. The van der Waals surface area contributed by atoms with E-state index in [0.29, 0.717) is 10.6 Å². The van der Waals surface area contributed by atoms with Crippen LogP contribution in [-0.2, 0) is 0 Å². The van der Waals surface area contributed by atoms with Gasteiger partial charge >= 0.3 is 5.69 Å². The highest BCUT2D eigenvalue weighted by Gasteiger charge is 2.22. The van der Waals surface area contributed by atoms with Crippen LogP contribution < -0.4 is 5.32 Å². The summed E-state index contributed by atoms with van der Waals surface area (Å²) < 4.78 is 14.1. The van der Waals surface area contributed by atoms with Gasteiger partial charge in [0, 0.05) is 29.4 Å². The van der Waals surface area contributed by atoms with Crippen LogP contribution in [0.15, 0.2) is 36.5 Å². The largest absolute Gasteiger partial charge is 0.362 e. The number of hydrogen-bond acceptors (Lipinski definition) is 5. The van der Waals surface area contributed by atoms with Crippen LogP contribution in [0.4, 0.5) is 15.9 Å². The maximum absolute atomic E-state index is 14.1. The molecule has 6 nitrogen and oxygen atoms in total. The van der Waals surface area contributed by atoms with Crippen LogP contribution in [0, 0.1) is 15.9 Å². The highest BCUT2D eigenvalue weighted by molar-refractivity contribution is 6.31. The van der Waals surface area contributed by atoms with Gasteiger partial charge in [-0.15, -0.1) is 0 Å². The number of anilines is 1. The van der Waals surface area contributed by atoms with Crippen molar-refractivity contribution in [2.45, 2.75) is 6.04 Å². The van der Waals surface area contributed by atoms with Gasteiger partial charge in [-0.1, -0.05) is 17.7 Å². The van der Waals surface area contributed by atoms with Crippen LogP contribution in [0.3, 0.4) is 0 Å². The minimum absolute atomic E-state index is 0.135. The van der Waals surface area contributed by atoms with Gasteiger partial charge in [0.2, 0.25) is 5.82 Å². The number of hydrogen-bond donors (Lipinski definition) is 1. The normalized spacial score (nSPS) is 12.2. The summed E-state index contributed by atoms with van der Waals surface area (Å²) in [6.07, 6.45) is 1.45. The Morgan fingerprint density at radius 3 is 2.74 bits per heavy atom. The molecule has 2 aromatic rings. The molecule has 0 amide bonds. The Morgan fingerprint density at radius 1 is 1.39 bits per heavy atom. The SMILES string of the molecule is CN(C)C(CNc1ncccc1[N+](=O)[O-])c1c(F)cccc1Cl. The zero-order valence-corrected chi connectivity index (χ0v) is 13.4. The maximum atomic E-state index is 14.1. The molecule has 1 aromatic carbocycles. The quantitative estimate of drug-likeness (QED) is 0.644. The van der Waals surface area contributed by atoms with Crippen LogP contribution in [-0.4, -0.2) is 35.4 Å². The number of nitro groups is 1. The zero-order chi connectivity index (χ0) is 17.0. The molecule has 0 radical (unpaired) electrons. The average Bonchev–Trinajstić information content (AvgIpc) is 2.50. The molecule has 0 spiro atoms. The Hall–Kier alpha value is -2.25. The monoisotopic (exact) mass is 338 g/mol. The van der Waals surface area contributed by atoms with Gasteiger partial charge in [-0.05, 0) is 32.3 Å². The molecular formula is C15H16ClFN4O2. The van der Waals surface area contributed by atoms with Crippen molar-refractivity contribution in [3.63, 3.8) is 0 Å². The number of halogens is 2. The number of nitrogens with one attached hydrogen (secondary N) is 1. The van der Waals surface area contributed by atoms with Crippen LogP contribution in [0.5, 0.6) is 0 Å². The van der Waals surface area contributed by atoms with Crippen molar-refractivity contribution in [2.75, 3.05) is 26.0 Å². The van der Waals surface area contributed by atoms with Crippen LogP contribution in [0.25, 0.3) is 0 Å². The first kappa shape index (κ1) is 17.1. The predicted octanol–water partition coefficient (Wildman–Crippen LogP) is 3.50. The summed E-state index contributed by atoms with van der Waals surface area (Å²) in [5.74, 6) is -0.287. The third-order valence-corrected chi connectivity index (χ3v) is 3.73. The predicted molar refractivity (Wildman–Crippen MR) is 87.2 cm³/mol. The summed E-state index contributed by atoms with van der Waals surface area (Å²) in [6.45, 7) is 0.214. The van der Waals surface area contributed by atoms with Crippen LogP contribution in [0.2, 0.25) is 5.02 Å². The van der Waals surface area contributed by atoms with Gasteiger partial charge in [0.05, 0.1) is 11.0 Å². The van der Waals surface area contributed by atoms with Crippen molar-refractivity contribution < 1.29 is 9.31 Å². The van der Waals surface area contributed by atoms with E-state index in [1.165, 1.54) is 30.5 Å². The van der Waals surface area contributed by atoms with Crippen LogP contribution >= 0.6 is 11.6 Å². The molecule has 23 heavy (non-hydrogen) atoms. The topological polar surface area (TPSA) is 71.3 Å². The first-order valence-electron chi connectivity index (χ1n) is 6.85. The van der Waals surface area contributed by atoms with Gasteiger partial charge in [-0.25, -0.2) is 9.37 Å². The molecule has 1 heterocycles. The van der Waals surface area contributed by atoms with E-state index in [9.17, 15) is 14.5 Å². The highest BCUT2D eigenvalue weighted by Crippen LogP contribution is 2.30. The summed E-state index contributed by atoms with van der Waals surface area (Å²) in [6, 6.07) is 6.91. The van der Waals surface area contributed by atoms with Crippen molar-refractivity contribution in [3.05, 3.63) is 63.0 Å². The molecule has 0 fully saturated rings. The Balaban J connectivity index is 2.27. The molecule has 0 saturated heterocycles. The van der Waals surface area contributed by atoms with Gasteiger partial charge < -0.3 is 10.2 Å². The van der Waals surface area contributed by atoms with Crippen molar-refractivity contribution in [3.8, 4) is 0 Å². The molecule has 122 valence electrons. The lowest BCUT2D eigenvalue weighted by Crippen LogP contribution is -2.28. The molecule has 2 rings (SSSR count). The van der Waals surface area contributed by atoms with Crippen LogP contribution in [0.1, 0.15) is 11.6 Å². The summed E-state index contributed by atoms with van der Waals surface area (Å²) in [7, 11) is 3.56. The maximum Gasteiger partial charge on any atom is 0.311 e. The van der Waals surface area contributed by atoms with Crippen molar-refractivity contribution in [1.82, 2.24) is 9.88 Å². The molecule has 0 bridgehead atoms. The Labute approximate surface area is 138 Å². The van der Waals surface area contributed by atoms with Gasteiger partial charge in [0.1, 0.15) is 5.82 Å². The molecule has 1 aromatic heterocycles. The summed E-state index contributed by atoms with van der Waals surface area (Å²) in [4.78, 5) is 16.3. The molecule has 1 N–H and O–H groups in total. The van der Waals surface area contributed by atoms with Crippen molar-refractivity contribution >= 4 is 23.1 Å². The van der Waals surface area contributed by atoms with E-state index in [0.717, 1.165) is 0 Å². The third kappa shape index (κ3) is 3.94. The molecular weight excluding hydrogens is 323 g/mol. The fraction of sp³-hybridized carbons (Fsp3) is 0.267. The second-order valence-corrected chi connectivity index (χ2v) is 5.53. The van der Waals surface area contributed by atoms with Gasteiger partial charge in [0.25, 0.3) is 0 Å². The van der Waals surface area contributed by atoms with Gasteiger partial charge in [-0.3, -0.25) is 10.1 Å². The fourth-order valence-corrected chi connectivity index (χ4v) is 2.53. The summed E-state index contributed by atoms with van der Waals surface area (Å²) in [5.41, 5.74) is 0.204. The molecule has 0 aliphatic rings. The molecule has 0 aliphatic heterocycles. The number of nitrogens with zero attached hydrogens (tertiary/aromatic N) is 3. The van der Waals surface area contributed by atoms with E-state index in [4.69, 9.17) is 11.6 Å². The smallest absolute Gasteiger partial charge is 0.311 e.